The molecule has 23 heavy (non-hydrogen) atoms. The molecule has 7 heteroatoms. The molecule has 1 N–H and O–H groups in total. The lowest BCUT2D eigenvalue weighted by molar-refractivity contribution is -0.118. The van der Waals surface area contributed by atoms with Gasteiger partial charge in [0.15, 0.2) is 5.16 Å². The third kappa shape index (κ3) is 4.57. The van der Waals surface area contributed by atoms with Crippen LogP contribution < -0.4 is 10.9 Å². The molecule has 0 spiro atoms. The van der Waals surface area contributed by atoms with E-state index in [0.717, 1.165) is 23.7 Å². The molecule has 2 aromatic rings. The van der Waals surface area contributed by atoms with E-state index in [1.807, 2.05) is 12.1 Å². The van der Waals surface area contributed by atoms with E-state index in [1.54, 1.807) is 17.7 Å². The Morgan fingerprint density at radius 1 is 1.39 bits per heavy atom. The van der Waals surface area contributed by atoms with Crippen molar-refractivity contribution in [1.82, 2.24) is 14.9 Å². The van der Waals surface area contributed by atoms with Gasteiger partial charge in [-0.3, -0.25) is 14.2 Å². The van der Waals surface area contributed by atoms with Gasteiger partial charge in [-0.15, -0.1) is 0 Å². The molecule has 0 fully saturated rings. The number of carbonyl (C=O) groups is 1. The molecule has 0 aliphatic carbocycles. The zero-order chi connectivity index (χ0) is 16.8. The van der Waals surface area contributed by atoms with Crippen LogP contribution in [0.5, 0.6) is 0 Å². The van der Waals surface area contributed by atoms with E-state index in [-0.39, 0.29) is 17.2 Å². The predicted molar refractivity (Wildman–Crippen MR) is 98.0 cm³/mol. The summed E-state index contributed by atoms with van der Waals surface area (Å²) in [6, 6.07) is 5.48. The highest BCUT2D eigenvalue weighted by Gasteiger charge is 2.13. The van der Waals surface area contributed by atoms with E-state index < -0.39 is 0 Å². The van der Waals surface area contributed by atoms with Gasteiger partial charge in [-0.25, -0.2) is 4.98 Å². The van der Waals surface area contributed by atoms with Gasteiger partial charge >= 0.3 is 0 Å². The van der Waals surface area contributed by atoms with Crippen molar-refractivity contribution in [3.8, 4) is 0 Å². The van der Waals surface area contributed by atoms with Gasteiger partial charge in [0.2, 0.25) is 5.91 Å². The highest BCUT2D eigenvalue weighted by molar-refractivity contribution is 9.10. The summed E-state index contributed by atoms with van der Waals surface area (Å²) >= 11 is 4.70. The van der Waals surface area contributed by atoms with Crippen LogP contribution in [0.15, 0.2) is 32.6 Å². The number of hydrogen-bond acceptors (Lipinski definition) is 4. The third-order valence-corrected chi connectivity index (χ3v) is 4.95. The van der Waals surface area contributed by atoms with Crippen molar-refractivity contribution in [2.75, 3.05) is 12.8 Å². The molecule has 0 atom stereocenters. The fraction of sp³-hybridized carbons (Fsp3) is 0.438. The smallest absolute Gasteiger partial charge is 0.262 e. The van der Waals surface area contributed by atoms with E-state index in [4.69, 9.17) is 0 Å². The van der Waals surface area contributed by atoms with Crippen molar-refractivity contribution < 1.29 is 4.79 Å². The Morgan fingerprint density at radius 2 is 2.17 bits per heavy atom. The van der Waals surface area contributed by atoms with Crippen LogP contribution in [-0.2, 0) is 11.3 Å². The molecule has 1 heterocycles. The fourth-order valence-corrected chi connectivity index (χ4v) is 3.46. The molecule has 0 radical (unpaired) electrons. The van der Waals surface area contributed by atoms with E-state index in [9.17, 15) is 9.59 Å². The first kappa shape index (κ1) is 18.0. The van der Waals surface area contributed by atoms with Gasteiger partial charge in [-0.1, -0.05) is 47.5 Å². The lowest BCUT2D eigenvalue weighted by atomic mass is 10.2. The maximum atomic E-state index is 12.8. The Kier molecular flexibility index (Phi) is 6.65. The number of unbranched alkanes of at least 4 members (excludes halogenated alkanes) is 2. The lowest BCUT2D eigenvalue weighted by Crippen LogP contribution is -2.25. The van der Waals surface area contributed by atoms with Crippen molar-refractivity contribution in [2.45, 2.75) is 37.9 Å². The van der Waals surface area contributed by atoms with Crippen LogP contribution >= 0.6 is 27.7 Å². The van der Waals surface area contributed by atoms with Crippen LogP contribution in [0, 0.1) is 0 Å². The van der Waals surface area contributed by atoms with Crippen molar-refractivity contribution in [3.63, 3.8) is 0 Å². The van der Waals surface area contributed by atoms with E-state index in [1.165, 1.54) is 11.8 Å². The number of nitrogens with one attached hydrogen (secondary N) is 1. The second-order valence-electron chi connectivity index (χ2n) is 5.18. The Balaban J connectivity index is 2.44. The first-order valence-electron chi connectivity index (χ1n) is 7.60. The topological polar surface area (TPSA) is 64.0 Å². The maximum absolute atomic E-state index is 12.8. The van der Waals surface area contributed by atoms with Gasteiger partial charge in [-0.05, 0) is 24.6 Å². The van der Waals surface area contributed by atoms with Crippen LogP contribution in [0.1, 0.15) is 26.2 Å². The fourth-order valence-electron chi connectivity index (χ4n) is 2.20. The number of amides is 1. The Hall–Kier alpha value is -1.34. The molecule has 1 aromatic heterocycles. The summed E-state index contributed by atoms with van der Waals surface area (Å²) in [6.45, 7) is 2.75. The molecule has 0 saturated carbocycles. The second kappa shape index (κ2) is 8.49. The monoisotopic (exact) mass is 397 g/mol. The van der Waals surface area contributed by atoms with Crippen LogP contribution in [-0.4, -0.2) is 28.3 Å². The first-order chi connectivity index (χ1) is 11.1. The number of carbonyl (C=O) groups excluding carboxylic acids is 1. The molecular weight excluding hydrogens is 378 g/mol. The minimum atomic E-state index is -0.0831. The Bertz CT molecular complexity index is 761. The van der Waals surface area contributed by atoms with E-state index in [2.05, 4.69) is 33.2 Å². The molecule has 124 valence electrons. The minimum absolute atomic E-state index is 0.0493. The van der Waals surface area contributed by atoms with Crippen molar-refractivity contribution in [3.05, 3.63) is 33.0 Å². The summed E-state index contributed by atoms with van der Waals surface area (Å²) in [6.07, 6.45) is 3.07. The van der Waals surface area contributed by atoms with Gasteiger partial charge in [-0.2, -0.15) is 0 Å². The summed E-state index contributed by atoms with van der Waals surface area (Å²) in [5.41, 5.74) is 0.608. The second-order valence-corrected chi connectivity index (χ2v) is 7.04. The molecule has 0 bridgehead atoms. The molecular formula is C16H20BrN3O2S. The number of rotatable bonds is 7. The van der Waals surface area contributed by atoms with Gasteiger partial charge in [0.05, 0.1) is 16.7 Å². The largest absolute Gasteiger partial charge is 0.358 e. The number of benzene rings is 1. The molecule has 5 nitrogen and oxygen atoms in total. The summed E-state index contributed by atoms with van der Waals surface area (Å²) in [4.78, 5) is 28.9. The van der Waals surface area contributed by atoms with Crippen LogP contribution in [0.3, 0.4) is 0 Å². The zero-order valence-corrected chi connectivity index (χ0v) is 15.7. The third-order valence-electron chi connectivity index (χ3n) is 3.48. The number of halogens is 1. The Labute approximate surface area is 148 Å². The van der Waals surface area contributed by atoms with E-state index >= 15 is 0 Å². The van der Waals surface area contributed by atoms with E-state index in [0.29, 0.717) is 22.6 Å². The summed E-state index contributed by atoms with van der Waals surface area (Å²) < 4.78 is 2.55. The van der Waals surface area contributed by atoms with Gasteiger partial charge in [0.25, 0.3) is 5.56 Å². The molecule has 2 rings (SSSR count). The molecule has 0 unspecified atom stereocenters. The van der Waals surface area contributed by atoms with Gasteiger partial charge in [0, 0.05) is 18.1 Å². The van der Waals surface area contributed by atoms with Crippen LogP contribution in [0.25, 0.3) is 10.9 Å². The lowest BCUT2D eigenvalue weighted by Gasteiger charge is -2.13. The first-order valence-corrected chi connectivity index (χ1v) is 9.38. The quantitative estimate of drug-likeness (QED) is 0.442. The van der Waals surface area contributed by atoms with Crippen molar-refractivity contribution in [2.24, 2.45) is 0 Å². The summed E-state index contributed by atoms with van der Waals surface area (Å²) in [7, 11) is 1.60. The number of fused-ring (bicyclic) bond motifs is 1. The highest BCUT2D eigenvalue weighted by Crippen LogP contribution is 2.21. The number of hydrogen-bond donors (Lipinski definition) is 1. The number of aromatic nitrogens is 2. The average molecular weight is 398 g/mol. The Morgan fingerprint density at radius 3 is 2.87 bits per heavy atom. The molecule has 0 saturated heterocycles. The molecule has 1 amide bonds. The maximum Gasteiger partial charge on any atom is 0.262 e. The summed E-state index contributed by atoms with van der Waals surface area (Å²) in [5, 5.41) is 3.78. The van der Waals surface area contributed by atoms with Gasteiger partial charge < -0.3 is 5.32 Å². The number of thioether (sulfide) groups is 1. The normalized spacial score (nSPS) is 10.9. The molecule has 0 aliphatic rings. The minimum Gasteiger partial charge on any atom is -0.358 e. The van der Waals surface area contributed by atoms with Gasteiger partial charge in [0.1, 0.15) is 0 Å². The molecule has 1 aromatic carbocycles. The van der Waals surface area contributed by atoms with Crippen molar-refractivity contribution >= 4 is 44.5 Å². The zero-order valence-electron chi connectivity index (χ0n) is 13.3. The standard InChI is InChI=1S/C16H20BrN3O2S/c1-3-4-5-8-20-15(22)12-9-11(17)6-7-13(12)19-16(20)23-10-14(21)18-2/h6-7,9H,3-5,8,10H2,1-2H3,(H,18,21). The van der Waals surface area contributed by atoms with Crippen molar-refractivity contribution in [1.29, 1.82) is 0 Å². The number of nitrogens with zero attached hydrogens (tertiary/aromatic N) is 2. The highest BCUT2D eigenvalue weighted by atomic mass is 79.9. The molecule has 0 aliphatic heterocycles. The average Bonchev–Trinajstić information content (AvgIpc) is 2.55. The van der Waals surface area contributed by atoms with Crippen LogP contribution in [0.4, 0.5) is 0 Å². The SMILES string of the molecule is CCCCCn1c(SCC(=O)NC)nc2ccc(Br)cc2c1=O. The van der Waals surface area contributed by atoms with Crippen LogP contribution in [0.2, 0.25) is 0 Å². The summed E-state index contributed by atoms with van der Waals surface area (Å²) in [5.74, 6) is 0.166. The predicted octanol–water partition coefficient (Wildman–Crippen LogP) is 3.19.